The maximum atomic E-state index is 5.42. The van der Waals surface area contributed by atoms with E-state index in [1.54, 1.807) is 0 Å². The molecule has 1 aromatic carbocycles. The van der Waals surface area contributed by atoms with Crippen molar-refractivity contribution in [2.75, 3.05) is 19.7 Å². The summed E-state index contributed by atoms with van der Waals surface area (Å²) in [6.45, 7) is 2.47. The molecule has 0 fully saturated rings. The predicted molar refractivity (Wildman–Crippen MR) is 64.4 cm³/mol. The van der Waals surface area contributed by atoms with Crippen LogP contribution in [0.25, 0.3) is 0 Å². The third-order valence-corrected chi connectivity index (χ3v) is 2.92. The summed E-state index contributed by atoms with van der Waals surface area (Å²) in [5.74, 6) is 0.778. The minimum absolute atomic E-state index is 0.712. The van der Waals surface area contributed by atoms with Gasteiger partial charge in [0.05, 0.1) is 6.54 Å². The average Bonchev–Trinajstić information content (AvgIpc) is 3.03. The number of nitrogens with zero attached hydrogens (tertiary/aromatic N) is 2. The molecule has 0 saturated carbocycles. The van der Waals surface area contributed by atoms with Crippen LogP contribution in [0.15, 0.2) is 34.3 Å². The van der Waals surface area contributed by atoms with Crippen molar-refractivity contribution >= 4 is 11.6 Å². The van der Waals surface area contributed by atoms with Gasteiger partial charge in [-0.3, -0.25) is 4.99 Å². The van der Waals surface area contributed by atoms with E-state index >= 15 is 0 Å². The van der Waals surface area contributed by atoms with E-state index in [1.165, 1.54) is 17.7 Å². The van der Waals surface area contributed by atoms with Gasteiger partial charge >= 0.3 is 0 Å². The topological polar surface area (TPSA) is 34.0 Å². The van der Waals surface area contributed by atoms with Gasteiger partial charge in [0.25, 0.3) is 0 Å². The van der Waals surface area contributed by atoms with Crippen molar-refractivity contribution in [3.8, 4) is 0 Å². The Hall–Kier alpha value is -1.64. The smallest absolute Gasteiger partial charge is 0.216 e. The maximum Gasteiger partial charge on any atom is 0.216 e. The van der Waals surface area contributed by atoms with Gasteiger partial charge in [0.2, 0.25) is 5.90 Å². The van der Waals surface area contributed by atoms with Crippen LogP contribution in [0.4, 0.5) is 0 Å². The van der Waals surface area contributed by atoms with Crippen LogP contribution >= 0.6 is 0 Å². The first-order valence-corrected chi connectivity index (χ1v) is 5.75. The lowest BCUT2D eigenvalue weighted by atomic mass is 10.1. The Morgan fingerprint density at radius 2 is 1.75 bits per heavy atom. The minimum Gasteiger partial charge on any atom is -0.476 e. The predicted octanol–water partition coefficient (Wildman–Crippen LogP) is 2.05. The van der Waals surface area contributed by atoms with Gasteiger partial charge in [-0.2, -0.15) is 0 Å². The van der Waals surface area contributed by atoms with Gasteiger partial charge < -0.3 is 4.74 Å². The zero-order valence-electron chi connectivity index (χ0n) is 9.15. The summed E-state index contributed by atoms with van der Waals surface area (Å²) in [4.78, 5) is 8.79. The molecule has 0 saturated heterocycles. The van der Waals surface area contributed by atoms with Gasteiger partial charge in [-0.05, 0) is 30.5 Å². The van der Waals surface area contributed by atoms with E-state index in [2.05, 4.69) is 34.3 Å². The number of hydrogen-bond donors (Lipinski definition) is 0. The SMILES string of the molecule is c1cc(C2=NCCO2)ccc1C1=NCCC1. The van der Waals surface area contributed by atoms with Gasteiger partial charge in [0.1, 0.15) is 6.61 Å². The molecule has 0 aromatic heterocycles. The molecule has 82 valence electrons. The molecule has 0 atom stereocenters. The highest BCUT2D eigenvalue weighted by Crippen LogP contribution is 2.15. The highest BCUT2D eigenvalue weighted by Gasteiger charge is 2.12. The molecule has 0 amide bonds. The Labute approximate surface area is 94.9 Å². The maximum absolute atomic E-state index is 5.42. The molecule has 2 aliphatic rings. The fraction of sp³-hybridized carbons (Fsp3) is 0.385. The van der Waals surface area contributed by atoms with Crippen LogP contribution in [0.3, 0.4) is 0 Å². The third kappa shape index (κ3) is 1.73. The zero-order chi connectivity index (χ0) is 10.8. The van der Waals surface area contributed by atoms with Crippen molar-refractivity contribution in [3.63, 3.8) is 0 Å². The molecule has 0 bridgehead atoms. The third-order valence-electron chi connectivity index (χ3n) is 2.92. The molecule has 0 spiro atoms. The van der Waals surface area contributed by atoms with Crippen molar-refractivity contribution in [3.05, 3.63) is 35.4 Å². The van der Waals surface area contributed by atoms with Gasteiger partial charge in [-0.1, -0.05) is 12.1 Å². The molecule has 3 rings (SSSR count). The van der Waals surface area contributed by atoms with Gasteiger partial charge in [-0.15, -0.1) is 0 Å². The van der Waals surface area contributed by atoms with Crippen LogP contribution in [-0.2, 0) is 4.74 Å². The van der Waals surface area contributed by atoms with Gasteiger partial charge in [0, 0.05) is 17.8 Å². The molecule has 3 heteroatoms. The fourth-order valence-electron chi connectivity index (χ4n) is 2.09. The van der Waals surface area contributed by atoms with E-state index in [9.17, 15) is 0 Å². The quantitative estimate of drug-likeness (QED) is 0.741. The number of ether oxygens (including phenoxy) is 1. The van der Waals surface area contributed by atoms with E-state index in [-0.39, 0.29) is 0 Å². The van der Waals surface area contributed by atoms with Crippen LogP contribution < -0.4 is 0 Å². The summed E-state index contributed by atoms with van der Waals surface area (Å²) in [7, 11) is 0. The number of rotatable bonds is 2. The first kappa shape index (κ1) is 9.58. The van der Waals surface area contributed by atoms with Gasteiger partial charge in [0.15, 0.2) is 0 Å². The summed E-state index contributed by atoms with van der Waals surface area (Å²) in [5, 5.41) is 0. The van der Waals surface area contributed by atoms with Crippen molar-refractivity contribution in [2.24, 2.45) is 9.98 Å². The van der Waals surface area contributed by atoms with Crippen LogP contribution in [0.5, 0.6) is 0 Å². The highest BCUT2D eigenvalue weighted by molar-refractivity contribution is 6.02. The van der Waals surface area contributed by atoms with E-state index in [0.717, 1.165) is 31.0 Å². The monoisotopic (exact) mass is 214 g/mol. The van der Waals surface area contributed by atoms with E-state index < -0.39 is 0 Å². The van der Waals surface area contributed by atoms with Crippen molar-refractivity contribution in [1.29, 1.82) is 0 Å². The van der Waals surface area contributed by atoms with Crippen LogP contribution in [-0.4, -0.2) is 31.3 Å². The van der Waals surface area contributed by atoms with Crippen LogP contribution in [0.1, 0.15) is 24.0 Å². The van der Waals surface area contributed by atoms with Crippen molar-refractivity contribution < 1.29 is 4.74 Å². The summed E-state index contributed by atoms with van der Waals surface area (Å²) in [6, 6.07) is 8.37. The molecule has 2 heterocycles. The molecule has 3 nitrogen and oxygen atoms in total. The molecule has 16 heavy (non-hydrogen) atoms. The van der Waals surface area contributed by atoms with Crippen LogP contribution in [0.2, 0.25) is 0 Å². The van der Waals surface area contributed by atoms with Gasteiger partial charge in [-0.25, -0.2) is 4.99 Å². The molecule has 0 unspecified atom stereocenters. The lowest BCUT2D eigenvalue weighted by molar-refractivity contribution is 0.348. The molecule has 0 N–H and O–H groups in total. The molecule has 0 radical (unpaired) electrons. The van der Waals surface area contributed by atoms with E-state index in [1.807, 2.05) is 0 Å². The lowest BCUT2D eigenvalue weighted by Crippen LogP contribution is -2.02. The highest BCUT2D eigenvalue weighted by atomic mass is 16.5. The minimum atomic E-state index is 0.712. The zero-order valence-corrected chi connectivity index (χ0v) is 9.15. The Morgan fingerprint density at radius 1 is 0.938 bits per heavy atom. The lowest BCUT2D eigenvalue weighted by Gasteiger charge is -2.04. The van der Waals surface area contributed by atoms with Crippen molar-refractivity contribution in [1.82, 2.24) is 0 Å². The molecular weight excluding hydrogens is 200 g/mol. The van der Waals surface area contributed by atoms with Crippen molar-refractivity contribution in [2.45, 2.75) is 12.8 Å². The standard InChI is InChI=1S/C13H14N2O/c1-2-12(14-7-1)10-3-5-11(6-4-10)13-15-8-9-16-13/h3-6H,1-2,7-9H2. The number of aliphatic imine (C=N–C) groups is 2. The summed E-state index contributed by atoms with van der Waals surface area (Å²) >= 11 is 0. The second-order valence-corrected chi connectivity index (χ2v) is 4.04. The Kier molecular flexibility index (Phi) is 2.44. The number of hydrogen-bond acceptors (Lipinski definition) is 3. The second-order valence-electron chi connectivity index (χ2n) is 4.04. The fourth-order valence-corrected chi connectivity index (χ4v) is 2.09. The summed E-state index contributed by atoms with van der Waals surface area (Å²) in [5.41, 5.74) is 3.54. The Balaban J connectivity index is 1.84. The first-order valence-electron chi connectivity index (χ1n) is 5.75. The Morgan fingerprint density at radius 3 is 2.38 bits per heavy atom. The summed E-state index contributed by atoms with van der Waals surface area (Å²) < 4.78 is 5.42. The Bertz CT molecular complexity index is 403. The van der Waals surface area contributed by atoms with Crippen LogP contribution in [0, 0.1) is 0 Å². The second kappa shape index (κ2) is 4.08. The molecule has 2 aliphatic heterocycles. The summed E-state index contributed by atoms with van der Waals surface area (Å²) in [6.07, 6.45) is 2.30. The molecule has 0 aliphatic carbocycles. The van der Waals surface area contributed by atoms with E-state index in [4.69, 9.17) is 4.74 Å². The largest absolute Gasteiger partial charge is 0.476 e. The average molecular weight is 214 g/mol. The molecule has 1 aromatic rings. The first-order chi connectivity index (χ1) is 7.93. The molecular formula is C13H14N2O. The van der Waals surface area contributed by atoms with E-state index in [0.29, 0.717) is 6.61 Å². The normalized spacial score (nSPS) is 19.2. The number of benzene rings is 1.